The molecule has 1 atom stereocenters. The lowest BCUT2D eigenvalue weighted by molar-refractivity contribution is -0.137. The van der Waals surface area contributed by atoms with E-state index in [1.807, 2.05) is 0 Å². The summed E-state index contributed by atoms with van der Waals surface area (Å²) in [6, 6.07) is 4.93. The molecule has 19 heavy (non-hydrogen) atoms. The Balaban J connectivity index is 2.47. The van der Waals surface area contributed by atoms with E-state index in [-0.39, 0.29) is 11.8 Å². The second-order valence-corrected chi connectivity index (χ2v) is 4.25. The topological polar surface area (TPSA) is 70.6 Å². The average molecular weight is 275 g/mol. The Hall–Kier alpha value is -1.76. The van der Waals surface area contributed by atoms with Crippen LogP contribution in [0.2, 0.25) is 0 Å². The smallest absolute Gasteiger partial charge is 0.409 e. The van der Waals surface area contributed by atoms with Crippen LogP contribution in [-0.4, -0.2) is 17.6 Å². The summed E-state index contributed by atoms with van der Waals surface area (Å²) in [5, 5.41) is 14.4. The third kappa shape index (κ3) is 4.78. The van der Waals surface area contributed by atoms with Crippen LogP contribution >= 0.6 is 0 Å². The van der Waals surface area contributed by atoms with Crippen LogP contribution in [0.5, 0.6) is 0 Å². The maximum Gasteiger partial charge on any atom is 0.416 e. The molecule has 0 saturated heterocycles. The van der Waals surface area contributed by atoms with E-state index in [9.17, 15) is 13.2 Å². The number of benzene rings is 1. The summed E-state index contributed by atoms with van der Waals surface area (Å²) in [4.78, 5) is 0. The fourth-order valence-electron chi connectivity index (χ4n) is 1.45. The Labute approximate surface area is 109 Å². The molecule has 4 nitrogen and oxygen atoms in total. The van der Waals surface area contributed by atoms with E-state index in [0.717, 1.165) is 17.7 Å². The molecule has 4 N–H and O–H groups in total. The highest BCUT2D eigenvalue weighted by Crippen LogP contribution is 2.28. The van der Waals surface area contributed by atoms with Crippen molar-refractivity contribution in [1.82, 2.24) is 5.32 Å². The lowest BCUT2D eigenvalue weighted by Gasteiger charge is -2.11. The zero-order chi connectivity index (χ0) is 14.5. The van der Waals surface area contributed by atoms with Crippen molar-refractivity contribution in [2.24, 2.45) is 16.8 Å². The molecule has 0 bridgehead atoms. The minimum Gasteiger partial charge on any atom is -0.409 e. The Kier molecular flexibility index (Phi) is 5.17. The molecule has 106 valence electrons. The fraction of sp³-hybridized carbons (Fsp3) is 0.417. The van der Waals surface area contributed by atoms with Gasteiger partial charge in [0, 0.05) is 19.0 Å². The first-order valence-corrected chi connectivity index (χ1v) is 5.69. The Morgan fingerprint density at radius 1 is 1.37 bits per heavy atom. The van der Waals surface area contributed by atoms with Gasteiger partial charge in [-0.05, 0) is 17.7 Å². The summed E-state index contributed by atoms with van der Waals surface area (Å²) in [5.41, 5.74) is 5.47. The number of nitrogens with two attached hydrogens (primary N) is 1. The second kappa shape index (κ2) is 6.42. The Bertz CT molecular complexity index is 429. The molecule has 0 fully saturated rings. The van der Waals surface area contributed by atoms with Gasteiger partial charge >= 0.3 is 6.18 Å². The van der Waals surface area contributed by atoms with Gasteiger partial charge in [-0.3, -0.25) is 0 Å². The number of hydrogen-bond donors (Lipinski definition) is 3. The third-order valence-corrected chi connectivity index (χ3v) is 2.68. The van der Waals surface area contributed by atoms with Crippen LogP contribution in [0.4, 0.5) is 13.2 Å². The van der Waals surface area contributed by atoms with Gasteiger partial charge in [0.2, 0.25) is 0 Å². The maximum absolute atomic E-state index is 12.3. The van der Waals surface area contributed by atoms with Crippen molar-refractivity contribution >= 4 is 5.84 Å². The van der Waals surface area contributed by atoms with Crippen LogP contribution in [0, 0.1) is 5.92 Å². The molecule has 0 aromatic heterocycles. The minimum atomic E-state index is -4.31. The largest absolute Gasteiger partial charge is 0.416 e. The monoisotopic (exact) mass is 275 g/mol. The third-order valence-electron chi connectivity index (χ3n) is 2.68. The first-order chi connectivity index (χ1) is 8.84. The normalized spacial score (nSPS) is 14.4. The van der Waals surface area contributed by atoms with Crippen molar-refractivity contribution in [3.63, 3.8) is 0 Å². The molecule has 0 aliphatic carbocycles. The fourth-order valence-corrected chi connectivity index (χ4v) is 1.45. The summed E-state index contributed by atoms with van der Waals surface area (Å²) in [6.45, 7) is 2.66. The Morgan fingerprint density at radius 2 is 1.95 bits per heavy atom. The van der Waals surface area contributed by atoms with E-state index in [1.165, 1.54) is 12.1 Å². The lowest BCUT2D eigenvalue weighted by atomic mass is 10.1. The molecule has 0 aliphatic rings. The number of rotatable bonds is 5. The zero-order valence-corrected chi connectivity index (χ0v) is 10.4. The molecule has 0 saturated carbocycles. The van der Waals surface area contributed by atoms with Crippen LogP contribution in [0.25, 0.3) is 0 Å². The highest BCUT2D eigenvalue weighted by Gasteiger charge is 2.29. The molecular weight excluding hydrogens is 259 g/mol. The summed E-state index contributed by atoms with van der Waals surface area (Å²) < 4.78 is 37.0. The van der Waals surface area contributed by atoms with E-state index >= 15 is 0 Å². The van der Waals surface area contributed by atoms with E-state index in [1.54, 1.807) is 6.92 Å². The first-order valence-electron chi connectivity index (χ1n) is 5.69. The predicted molar refractivity (Wildman–Crippen MR) is 65.7 cm³/mol. The molecule has 1 aromatic carbocycles. The number of oxime groups is 1. The van der Waals surface area contributed by atoms with Gasteiger partial charge in [0.15, 0.2) is 0 Å². The van der Waals surface area contributed by atoms with E-state index in [4.69, 9.17) is 10.9 Å². The van der Waals surface area contributed by atoms with Crippen molar-refractivity contribution < 1.29 is 18.4 Å². The molecule has 1 rings (SSSR count). The minimum absolute atomic E-state index is 0.111. The van der Waals surface area contributed by atoms with Crippen LogP contribution in [0.3, 0.4) is 0 Å². The number of nitrogens with zero attached hydrogens (tertiary/aromatic N) is 1. The quantitative estimate of drug-likeness (QED) is 0.334. The van der Waals surface area contributed by atoms with E-state index in [2.05, 4.69) is 10.5 Å². The number of alkyl halides is 3. The van der Waals surface area contributed by atoms with Gasteiger partial charge in [0.25, 0.3) is 0 Å². The Morgan fingerprint density at radius 3 is 2.42 bits per heavy atom. The molecule has 0 amide bonds. The molecule has 0 heterocycles. The highest BCUT2D eigenvalue weighted by atomic mass is 19.4. The summed E-state index contributed by atoms with van der Waals surface area (Å²) in [7, 11) is 0. The van der Waals surface area contributed by atoms with Crippen LogP contribution in [-0.2, 0) is 12.7 Å². The van der Waals surface area contributed by atoms with Gasteiger partial charge in [0.1, 0.15) is 5.84 Å². The number of amidine groups is 1. The molecule has 1 aromatic rings. The van der Waals surface area contributed by atoms with E-state index < -0.39 is 11.7 Å². The van der Waals surface area contributed by atoms with Crippen molar-refractivity contribution in [3.8, 4) is 0 Å². The summed E-state index contributed by atoms with van der Waals surface area (Å²) >= 11 is 0. The number of nitrogens with one attached hydrogen (secondary N) is 1. The van der Waals surface area contributed by atoms with Crippen LogP contribution < -0.4 is 11.1 Å². The van der Waals surface area contributed by atoms with E-state index in [0.29, 0.717) is 13.1 Å². The van der Waals surface area contributed by atoms with Gasteiger partial charge in [0.05, 0.1) is 5.56 Å². The lowest BCUT2D eigenvalue weighted by Crippen LogP contribution is -2.31. The second-order valence-electron chi connectivity index (χ2n) is 4.25. The summed E-state index contributed by atoms with van der Waals surface area (Å²) in [6.07, 6.45) is -4.31. The van der Waals surface area contributed by atoms with Gasteiger partial charge < -0.3 is 16.3 Å². The highest BCUT2D eigenvalue weighted by molar-refractivity contribution is 5.82. The maximum atomic E-state index is 12.3. The van der Waals surface area contributed by atoms with Gasteiger partial charge in [-0.2, -0.15) is 13.2 Å². The molecule has 1 unspecified atom stereocenters. The standard InChI is InChI=1S/C12H16F3N3O/c1-8(11(16)18-19)6-17-7-9-2-4-10(5-3-9)12(13,14)15/h2-5,8,17,19H,6-7H2,1H3,(H2,16,18). The molecule has 7 heteroatoms. The van der Waals surface area contributed by atoms with Crippen molar-refractivity contribution in [1.29, 1.82) is 0 Å². The molecule has 0 aliphatic heterocycles. The predicted octanol–water partition coefficient (Wildman–Crippen LogP) is 2.18. The van der Waals surface area contributed by atoms with Gasteiger partial charge in [-0.25, -0.2) is 0 Å². The molecule has 0 radical (unpaired) electrons. The van der Waals surface area contributed by atoms with Gasteiger partial charge in [-0.1, -0.05) is 24.2 Å². The SMILES string of the molecule is CC(CNCc1ccc(C(F)(F)F)cc1)C(N)=NO. The summed E-state index contributed by atoms with van der Waals surface area (Å²) in [5.74, 6) is -0.0423. The van der Waals surface area contributed by atoms with Crippen LogP contribution in [0.15, 0.2) is 29.4 Å². The van der Waals surface area contributed by atoms with Crippen molar-refractivity contribution in [3.05, 3.63) is 35.4 Å². The molecule has 0 spiro atoms. The first kappa shape index (κ1) is 15.3. The average Bonchev–Trinajstić information content (AvgIpc) is 2.37. The molecular formula is C12H16F3N3O. The van der Waals surface area contributed by atoms with Crippen molar-refractivity contribution in [2.75, 3.05) is 6.54 Å². The van der Waals surface area contributed by atoms with Crippen LogP contribution in [0.1, 0.15) is 18.1 Å². The number of hydrogen-bond acceptors (Lipinski definition) is 3. The van der Waals surface area contributed by atoms with Crippen molar-refractivity contribution in [2.45, 2.75) is 19.6 Å². The zero-order valence-electron chi connectivity index (χ0n) is 10.4. The van der Waals surface area contributed by atoms with Gasteiger partial charge in [-0.15, -0.1) is 0 Å². The number of halogens is 3.